The van der Waals surface area contributed by atoms with Gasteiger partial charge in [-0.1, -0.05) is 25.9 Å². The summed E-state index contributed by atoms with van der Waals surface area (Å²) in [4.78, 5) is 31.0. The predicted molar refractivity (Wildman–Crippen MR) is 80.1 cm³/mol. The number of carboxylic acids is 1. The maximum Gasteiger partial charge on any atom is 0.354 e. The number of aromatic carboxylic acids is 1. The highest BCUT2D eigenvalue weighted by Gasteiger charge is 2.24. The minimum Gasteiger partial charge on any atom is -0.477 e. The number of carbonyl (C=O) groups excluding carboxylic acids is 1. The van der Waals surface area contributed by atoms with Crippen LogP contribution < -0.4 is 5.32 Å². The van der Waals surface area contributed by atoms with Crippen molar-refractivity contribution in [2.45, 2.75) is 39.2 Å². The largest absolute Gasteiger partial charge is 0.477 e. The van der Waals surface area contributed by atoms with Crippen LogP contribution in [0, 0.1) is 0 Å². The van der Waals surface area contributed by atoms with Crippen LogP contribution in [0.3, 0.4) is 0 Å². The Hall–Kier alpha value is -2.77. The molecule has 0 saturated carbocycles. The molecule has 0 spiro atoms. The van der Waals surface area contributed by atoms with E-state index in [0.29, 0.717) is 5.82 Å². The minimum atomic E-state index is -1.19. The van der Waals surface area contributed by atoms with Crippen LogP contribution >= 0.6 is 0 Å². The van der Waals surface area contributed by atoms with Crippen molar-refractivity contribution in [2.24, 2.45) is 0 Å². The van der Waals surface area contributed by atoms with Gasteiger partial charge in [0.25, 0.3) is 5.91 Å². The first-order chi connectivity index (χ1) is 10.7. The molecule has 1 amide bonds. The van der Waals surface area contributed by atoms with E-state index in [9.17, 15) is 9.59 Å². The van der Waals surface area contributed by atoms with Gasteiger partial charge in [-0.3, -0.25) is 4.79 Å². The minimum absolute atomic E-state index is 0.194. The summed E-state index contributed by atoms with van der Waals surface area (Å²) in [5.74, 6) is -0.807. The summed E-state index contributed by atoms with van der Waals surface area (Å²) in [6.45, 7) is 7.57. The summed E-state index contributed by atoms with van der Waals surface area (Å²) < 4.78 is 5.17. The number of rotatable bonds is 4. The number of hydrogen-bond acceptors (Lipinski definition) is 6. The highest BCUT2D eigenvalue weighted by atomic mass is 16.5. The molecule has 8 heteroatoms. The van der Waals surface area contributed by atoms with E-state index in [1.54, 1.807) is 6.92 Å². The van der Waals surface area contributed by atoms with Gasteiger partial charge in [-0.2, -0.15) is 4.98 Å². The van der Waals surface area contributed by atoms with Crippen molar-refractivity contribution in [3.05, 3.63) is 41.3 Å². The number of nitrogens with zero attached hydrogens (tertiary/aromatic N) is 3. The lowest BCUT2D eigenvalue weighted by Crippen LogP contribution is -2.27. The Balaban J connectivity index is 2.12. The van der Waals surface area contributed by atoms with Gasteiger partial charge in [0, 0.05) is 17.2 Å². The van der Waals surface area contributed by atoms with Crippen LogP contribution in [0.15, 0.2) is 22.9 Å². The maximum absolute atomic E-state index is 12.2. The first-order valence-corrected chi connectivity index (χ1v) is 7.03. The second-order valence-corrected chi connectivity index (χ2v) is 6.14. The molecule has 1 unspecified atom stereocenters. The standard InChI is InChI=1S/C15H18N4O4/c1-8(12-18-14(19-23-12)15(2,3)4)17-11(20)9-5-6-16-10(7-9)13(21)22/h5-8H,1-4H3,(H,17,20)(H,21,22). The fourth-order valence-electron chi connectivity index (χ4n) is 1.75. The fourth-order valence-corrected chi connectivity index (χ4v) is 1.75. The van der Waals surface area contributed by atoms with E-state index in [4.69, 9.17) is 9.63 Å². The van der Waals surface area contributed by atoms with Crippen molar-refractivity contribution < 1.29 is 19.2 Å². The summed E-state index contributed by atoms with van der Waals surface area (Å²) >= 11 is 0. The zero-order chi connectivity index (χ0) is 17.2. The Morgan fingerprint density at radius 2 is 2.04 bits per heavy atom. The molecule has 1 atom stereocenters. The second-order valence-electron chi connectivity index (χ2n) is 6.14. The van der Waals surface area contributed by atoms with Crippen molar-refractivity contribution in [1.82, 2.24) is 20.4 Å². The van der Waals surface area contributed by atoms with Crippen LogP contribution in [0.2, 0.25) is 0 Å². The summed E-state index contributed by atoms with van der Waals surface area (Å²) in [6.07, 6.45) is 1.27. The molecule has 0 radical (unpaired) electrons. The van der Waals surface area contributed by atoms with Crippen LogP contribution in [-0.4, -0.2) is 32.1 Å². The summed E-state index contributed by atoms with van der Waals surface area (Å²) in [5.41, 5.74) is -0.259. The molecule has 2 N–H and O–H groups in total. The molecule has 0 aromatic carbocycles. The van der Waals surface area contributed by atoms with Crippen LogP contribution in [0.5, 0.6) is 0 Å². The zero-order valence-corrected chi connectivity index (χ0v) is 13.3. The molecule has 2 aromatic heterocycles. The number of carboxylic acid groups (broad SMARTS) is 1. The number of nitrogens with one attached hydrogen (secondary N) is 1. The van der Waals surface area contributed by atoms with Gasteiger partial charge in [0.05, 0.1) is 0 Å². The molecule has 0 bridgehead atoms. The van der Waals surface area contributed by atoms with Crippen molar-refractivity contribution in [3.8, 4) is 0 Å². The van der Waals surface area contributed by atoms with Gasteiger partial charge in [-0.05, 0) is 19.1 Å². The number of carbonyl (C=O) groups is 2. The van der Waals surface area contributed by atoms with E-state index >= 15 is 0 Å². The topological polar surface area (TPSA) is 118 Å². The van der Waals surface area contributed by atoms with Gasteiger partial charge in [0.2, 0.25) is 5.89 Å². The van der Waals surface area contributed by atoms with Crippen molar-refractivity contribution in [1.29, 1.82) is 0 Å². The van der Waals surface area contributed by atoms with E-state index in [1.807, 2.05) is 20.8 Å². The monoisotopic (exact) mass is 318 g/mol. The quantitative estimate of drug-likeness (QED) is 0.884. The lowest BCUT2D eigenvalue weighted by atomic mass is 9.96. The van der Waals surface area contributed by atoms with Crippen molar-refractivity contribution in [3.63, 3.8) is 0 Å². The van der Waals surface area contributed by atoms with Crippen LogP contribution in [0.25, 0.3) is 0 Å². The smallest absolute Gasteiger partial charge is 0.354 e. The molecular formula is C15H18N4O4. The van der Waals surface area contributed by atoms with Gasteiger partial charge >= 0.3 is 5.97 Å². The maximum atomic E-state index is 12.2. The van der Waals surface area contributed by atoms with E-state index in [1.165, 1.54) is 18.3 Å². The number of pyridine rings is 1. The summed E-state index contributed by atoms with van der Waals surface area (Å²) in [7, 11) is 0. The highest BCUT2D eigenvalue weighted by Crippen LogP contribution is 2.20. The number of amides is 1. The molecule has 0 aliphatic heterocycles. The van der Waals surface area contributed by atoms with E-state index in [-0.39, 0.29) is 22.6 Å². The lowest BCUT2D eigenvalue weighted by Gasteiger charge is -2.12. The first-order valence-electron chi connectivity index (χ1n) is 7.03. The van der Waals surface area contributed by atoms with Gasteiger partial charge in [0.15, 0.2) is 5.82 Å². The van der Waals surface area contributed by atoms with Gasteiger partial charge in [-0.15, -0.1) is 0 Å². The molecule has 2 rings (SSSR count). The number of hydrogen-bond donors (Lipinski definition) is 2. The average molecular weight is 318 g/mol. The Labute approximate surface area is 132 Å². The lowest BCUT2D eigenvalue weighted by molar-refractivity contribution is 0.0690. The molecule has 0 aliphatic carbocycles. The van der Waals surface area contributed by atoms with E-state index in [0.717, 1.165) is 0 Å². The third-order valence-corrected chi connectivity index (χ3v) is 3.07. The molecule has 8 nitrogen and oxygen atoms in total. The SMILES string of the molecule is CC(NC(=O)c1ccnc(C(=O)O)c1)c1nc(C(C)(C)C)no1. The normalized spacial score (nSPS) is 12.7. The predicted octanol–water partition coefficient (Wildman–Crippen LogP) is 1.95. The molecule has 0 fully saturated rings. The van der Waals surface area contributed by atoms with Crippen LogP contribution in [0.1, 0.15) is 66.3 Å². The molecule has 23 heavy (non-hydrogen) atoms. The molecule has 0 saturated heterocycles. The summed E-state index contributed by atoms with van der Waals surface area (Å²) in [6, 6.07) is 2.13. The average Bonchev–Trinajstić information content (AvgIpc) is 2.97. The first kappa shape index (κ1) is 16.6. The van der Waals surface area contributed by atoms with E-state index < -0.39 is 17.9 Å². The highest BCUT2D eigenvalue weighted by molar-refractivity contribution is 5.96. The summed E-state index contributed by atoms with van der Waals surface area (Å²) in [5, 5.41) is 15.5. The molecule has 0 aliphatic rings. The molecule has 122 valence electrons. The van der Waals surface area contributed by atoms with Crippen LogP contribution in [-0.2, 0) is 5.41 Å². The Morgan fingerprint density at radius 3 is 2.61 bits per heavy atom. The third kappa shape index (κ3) is 3.91. The van der Waals surface area contributed by atoms with E-state index in [2.05, 4.69) is 20.4 Å². The molecule has 2 heterocycles. The van der Waals surface area contributed by atoms with Crippen LogP contribution in [0.4, 0.5) is 0 Å². The van der Waals surface area contributed by atoms with Gasteiger partial charge in [0.1, 0.15) is 11.7 Å². The van der Waals surface area contributed by atoms with Crippen molar-refractivity contribution >= 4 is 11.9 Å². The zero-order valence-electron chi connectivity index (χ0n) is 13.3. The van der Waals surface area contributed by atoms with Gasteiger partial charge < -0.3 is 14.9 Å². The number of aromatic nitrogens is 3. The Kier molecular flexibility index (Phi) is 4.44. The fraction of sp³-hybridized carbons (Fsp3) is 0.400. The Bertz CT molecular complexity index is 733. The van der Waals surface area contributed by atoms with Crippen molar-refractivity contribution in [2.75, 3.05) is 0 Å². The Morgan fingerprint density at radius 1 is 1.35 bits per heavy atom. The third-order valence-electron chi connectivity index (χ3n) is 3.07. The molecule has 2 aromatic rings. The second kappa shape index (κ2) is 6.15. The van der Waals surface area contributed by atoms with Gasteiger partial charge in [-0.25, -0.2) is 9.78 Å². The molecular weight excluding hydrogens is 300 g/mol.